The number of hydrogen-bond acceptors (Lipinski definition) is 3. The molecule has 1 atom stereocenters. The molecular weight excluding hydrogens is 356 g/mol. The zero-order valence-corrected chi connectivity index (χ0v) is 16.2. The molecule has 0 unspecified atom stereocenters. The fourth-order valence-corrected chi connectivity index (χ4v) is 3.82. The number of thiocarbonyl (C=S) groups is 1. The third-order valence-corrected chi connectivity index (χ3v) is 5.17. The lowest BCUT2D eigenvalue weighted by molar-refractivity contribution is -0.118. The van der Waals surface area contributed by atoms with Gasteiger partial charge in [-0.1, -0.05) is 35.9 Å². The van der Waals surface area contributed by atoms with Crippen molar-refractivity contribution >= 4 is 28.9 Å². The molecule has 3 aromatic rings. The van der Waals surface area contributed by atoms with Crippen molar-refractivity contribution in [3.8, 4) is 5.69 Å². The highest BCUT2D eigenvalue weighted by Gasteiger charge is 2.40. The highest BCUT2D eigenvalue weighted by Crippen LogP contribution is 2.31. The Hall–Kier alpha value is -2.99. The van der Waals surface area contributed by atoms with E-state index in [0.29, 0.717) is 5.11 Å². The lowest BCUT2D eigenvalue weighted by Crippen LogP contribution is -2.30. The molecule has 1 aromatic heterocycles. The summed E-state index contributed by atoms with van der Waals surface area (Å²) in [5, 5.41) is 8.26. The molecule has 1 amide bonds. The fourth-order valence-electron chi connectivity index (χ4n) is 3.51. The predicted octanol–water partition coefficient (Wildman–Crippen LogP) is 3.76. The Morgan fingerprint density at radius 2 is 1.63 bits per heavy atom. The van der Waals surface area contributed by atoms with Gasteiger partial charge in [-0.25, -0.2) is 4.68 Å². The Morgan fingerprint density at radius 3 is 2.30 bits per heavy atom. The molecule has 0 bridgehead atoms. The molecule has 1 aliphatic heterocycles. The molecule has 0 spiro atoms. The number of nitrogens with zero attached hydrogens (tertiary/aromatic N) is 3. The van der Waals surface area contributed by atoms with E-state index in [1.54, 1.807) is 4.90 Å². The molecule has 2 aromatic carbocycles. The van der Waals surface area contributed by atoms with Crippen molar-refractivity contribution in [2.24, 2.45) is 0 Å². The van der Waals surface area contributed by atoms with Crippen LogP contribution in [0.3, 0.4) is 0 Å². The first-order valence-corrected chi connectivity index (χ1v) is 9.21. The van der Waals surface area contributed by atoms with Crippen LogP contribution in [0.1, 0.15) is 28.6 Å². The summed E-state index contributed by atoms with van der Waals surface area (Å²) in [6.45, 7) is 5.92. The standard InChI is InChI=1S/C21H20N4OS/c1-13-9-11-16(12-10-13)24-20(26)19(22-21(24)27)18-14(2)23-25(15(18)3)17-7-5-4-6-8-17/h4-12,19H,1-3H3,(H,22,27)/t19-/m1/s1. The minimum Gasteiger partial charge on any atom is -0.346 e. The van der Waals surface area contributed by atoms with Crippen molar-refractivity contribution in [3.05, 3.63) is 77.1 Å². The van der Waals surface area contributed by atoms with Crippen molar-refractivity contribution in [2.75, 3.05) is 4.90 Å². The van der Waals surface area contributed by atoms with Gasteiger partial charge in [0.15, 0.2) is 5.11 Å². The molecule has 5 nitrogen and oxygen atoms in total. The van der Waals surface area contributed by atoms with E-state index in [9.17, 15) is 4.79 Å². The van der Waals surface area contributed by atoms with Crippen molar-refractivity contribution in [1.29, 1.82) is 0 Å². The number of amides is 1. The van der Waals surface area contributed by atoms with Crippen LogP contribution in [0.25, 0.3) is 5.69 Å². The predicted molar refractivity (Wildman–Crippen MR) is 110 cm³/mol. The number of carbonyl (C=O) groups excluding carboxylic acids is 1. The third kappa shape index (κ3) is 2.92. The summed E-state index contributed by atoms with van der Waals surface area (Å²) in [5.41, 5.74) is 5.50. The molecule has 2 heterocycles. The number of aryl methyl sites for hydroxylation is 2. The Labute approximate surface area is 163 Å². The van der Waals surface area contributed by atoms with Gasteiger partial charge in [-0.2, -0.15) is 5.10 Å². The van der Waals surface area contributed by atoms with Gasteiger partial charge in [-0.05, 0) is 57.3 Å². The first kappa shape index (κ1) is 17.4. The minimum atomic E-state index is -0.531. The number of para-hydroxylation sites is 1. The Morgan fingerprint density at radius 1 is 0.963 bits per heavy atom. The van der Waals surface area contributed by atoms with Crippen LogP contribution in [0.2, 0.25) is 0 Å². The van der Waals surface area contributed by atoms with Crippen LogP contribution < -0.4 is 10.2 Å². The lowest BCUT2D eigenvalue weighted by Gasteiger charge is -2.15. The van der Waals surface area contributed by atoms with Crippen LogP contribution in [0.5, 0.6) is 0 Å². The van der Waals surface area contributed by atoms with Gasteiger partial charge in [0.25, 0.3) is 5.91 Å². The number of aromatic nitrogens is 2. The quantitative estimate of drug-likeness (QED) is 0.707. The summed E-state index contributed by atoms with van der Waals surface area (Å²) in [6, 6.07) is 17.1. The van der Waals surface area contributed by atoms with E-state index in [0.717, 1.165) is 33.9 Å². The molecule has 4 rings (SSSR count). The number of rotatable bonds is 3. The van der Waals surface area contributed by atoms with Crippen LogP contribution in [0.4, 0.5) is 5.69 Å². The second-order valence-electron chi connectivity index (χ2n) is 6.72. The molecule has 1 saturated heterocycles. The van der Waals surface area contributed by atoms with Crippen LogP contribution in [-0.2, 0) is 4.79 Å². The largest absolute Gasteiger partial charge is 0.346 e. The van der Waals surface area contributed by atoms with E-state index in [4.69, 9.17) is 12.2 Å². The van der Waals surface area contributed by atoms with Gasteiger partial charge in [0.1, 0.15) is 6.04 Å². The molecule has 0 radical (unpaired) electrons. The van der Waals surface area contributed by atoms with Gasteiger partial charge in [0.2, 0.25) is 0 Å². The Kier molecular flexibility index (Phi) is 4.28. The van der Waals surface area contributed by atoms with Crippen molar-refractivity contribution in [2.45, 2.75) is 26.8 Å². The zero-order valence-electron chi connectivity index (χ0n) is 15.4. The molecule has 0 aliphatic carbocycles. The van der Waals surface area contributed by atoms with Gasteiger partial charge in [-0.3, -0.25) is 9.69 Å². The minimum absolute atomic E-state index is 0.0809. The summed E-state index contributed by atoms with van der Waals surface area (Å²) in [7, 11) is 0. The highest BCUT2D eigenvalue weighted by molar-refractivity contribution is 7.80. The van der Waals surface area contributed by atoms with Crippen LogP contribution in [0, 0.1) is 20.8 Å². The number of carbonyl (C=O) groups is 1. The van der Waals surface area contributed by atoms with Gasteiger partial charge in [-0.15, -0.1) is 0 Å². The van der Waals surface area contributed by atoms with Crippen molar-refractivity contribution in [3.63, 3.8) is 0 Å². The van der Waals surface area contributed by atoms with Crippen molar-refractivity contribution in [1.82, 2.24) is 15.1 Å². The van der Waals surface area contributed by atoms with E-state index in [1.807, 2.05) is 80.1 Å². The first-order chi connectivity index (χ1) is 13.0. The summed E-state index contributed by atoms with van der Waals surface area (Å²) in [5.74, 6) is -0.0809. The Balaban J connectivity index is 1.73. The van der Waals surface area contributed by atoms with Gasteiger partial charge in [0, 0.05) is 11.3 Å². The molecule has 1 fully saturated rings. The smallest absolute Gasteiger partial charge is 0.260 e. The van der Waals surface area contributed by atoms with E-state index < -0.39 is 6.04 Å². The van der Waals surface area contributed by atoms with E-state index in [-0.39, 0.29) is 5.91 Å². The second kappa shape index (κ2) is 6.63. The molecule has 136 valence electrons. The number of hydrogen-bond donors (Lipinski definition) is 1. The second-order valence-corrected chi connectivity index (χ2v) is 7.11. The van der Waals surface area contributed by atoms with Gasteiger partial charge in [0.05, 0.1) is 17.1 Å². The van der Waals surface area contributed by atoms with Crippen LogP contribution in [-0.4, -0.2) is 20.8 Å². The Bertz CT molecular complexity index is 1020. The molecule has 1 N–H and O–H groups in total. The SMILES string of the molecule is Cc1ccc(N2C(=O)[C@@H](c3c(C)nn(-c4ccccc4)c3C)NC2=S)cc1. The maximum atomic E-state index is 13.2. The summed E-state index contributed by atoms with van der Waals surface area (Å²) in [6.07, 6.45) is 0. The number of nitrogens with one attached hydrogen (secondary N) is 1. The van der Waals surface area contributed by atoms with E-state index >= 15 is 0 Å². The molecular formula is C21H20N4OS. The van der Waals surface area contributed by atoms with Crippen LogP contribution in [0.15, 0.2) is 54.6 Å². The van der Waals surface area contributed by atoms with E-state index in [2.05, 4.69) is 10.4 Å². The fraction of sp³-hybridized carbons (Fsp3) is 0.190. The highest BCUT2D eigenvalue weighted by atomic mass is 32.1. The maximum absolute atomic E-state index is 13.2. The maximum Gasteiger partial charge on any atom is 0.260 e. The topological polar surface area (TPSA) is 50.2 Å². The summed E-state index contributed by atoms with van der Waals surface area (Å²) < 4.78 is 1.87. The monoisotopic (exact) mass is 376 g/mol. The number of benzene rings is 2. The third-order valence-electron chi connectivity index (χ3n) is 4.87. The molecule has 1 aliphatic rings. The summed E-state index contributed by atoms with van der Waals surface area (Å²) in [4.78, 5) is 14.8. The summed E-state index contributed by atoms with van der Waals surface area (Å²) >= 11 is 5.46. The lowest BCUT2D eigenvalue weighted by atomic mass is 10.0. The van der Waals surface area contributed by atoms with Gasteiger partial charge < -0.3 is 5.32 Å². The normalized spacial score (nSPS) is 16.7. The zero-order chi connectivity index (χ0) is 19.1. The first-order valence-electron chi connectivity index (χ1n) is 8.80. The van der Waals surface area contributed by atoms with Crippen LogP contribution >= 0.6 is 12.2 Å². The average molecular weight is 376 g/mol. The number of anilines is 1. The van der Waals surface area contributed by atoms with E-state index in [1.165, 1.54) is 0 Å². The van der Waals surface area contributed by atoms with Crippen molar-refractivity contribution < 1.29 is 4.79 Å². The molecule has 0 saturated carbocycles. The molecule has 6 heteroatoms. The van der Waals surface area contributed by atoms with Gasteiger partial charge >= 0.3 is 0 Å². The average Bonchev–Trinajstić information content (AvgIpc) is 3.12. The molecule has 27 heavy (non-hydrogen) atoms.